The van der Waals surface area contributed by atoms with Crippen molar-refractivity contribution >= 4 is 37.5 Å². The van der Waals surface area contributed by atoms with E-state index < -0.39 is 0 Å². The number of pyridine rings is 2. The molecule has 3 heteroatoms. The van der Waals surface area contributed by atoms with Gasteiger partial charge in [0.2, 0.25) is 0 Å². The van der Waals surface area contributed by atoms with Gasteiger partial charge < -0.3 is 0 Å². The summed E-state index contributed by atoms with van der Waals surface area (Å²) in [6.45, 7) is 0. The van der Waals surface area contributed by atoms with Crippen LogP contribution < -0.4 is 0 Å². The SMILES string of the molecule is Brc1ccc2c(-c3cccnc3)c3ccccc3c(-c3cccnc3)c2c1. The molecule has 0 bridgehead atoms. The summed E-state index contributed by atoms with van der Waals surface area (Å²) in [6.07, 6.45) is 7.50. The Labute approximate surface area is 165 Å². The lowest BCUT2D eigenvalue weighted by Crippen LogP contribution is -1.91. The fraction of sp³-hybridized carbons (Fsp3) is 0. The molecule has 0 aliphatic rings. The minimum absolute atomic E-state index is 1.06. The first-order chi connectivity index (χ1) is 13.3. The van der Waals surface area contributed by atoms with E-state index in [9.17, 15) is 0 Å². The van der Waals surface area contributed by atoms with Gasteiger partial charge in [0.05, 0.1) is 0 Å². The zero-order valence-corrected chi connectivity index (χ0v) is 16.0. The molecule has 3 aromatic carbocycles. The van der Waals surface area contributed by atoms with Crippen LogP contribution in [0.15, 0.2) is 96.0 Å². The molecule has 0 saturated heterocycles. The van der Waals surface area contributed by atoms with E-state index in [2.05, 4.69) is 80.5 Å². The average Bonchev–Trinajstić information content (AvgIpc) is 2.73. The Morgan fingerprint density at radius 2 is 1.11 bits per heavy atom. The Bertz CT molecular complexity index is 1270. The van der Waals surface area contributed by atoms with Crippen LogP contribution in [-0.2, 0) is 0 Å². The first-order valence-corrected chi connectivity index (χ1v) is 9.57. The van der Waals surface area contributed by atoms with E-state index >= 15 is 0 Å². The summed E-state index contributed by atoms with van der Waals surface area (Å²) >= 11 is 3.66. The molecule has 27 heavy (non-hydrogen) atoms. The predicted molar refractivity (Wildman–Crippen MR) is 116 cm³/mol. The van der Waals surface area contributed by atoms with Crippen LogP contribution in [0.25, 0.3) is 43.8 Å². The Morgan fingerprint density at radius 1 is 0.556 bits per heavy atom. The van der Waals surface area contributed by atoms with Gasteiger partial charge in [-0.25, -0.2) is 0 Å². The molecule has 2 nitrogen and oxygen atoms in total. The Morgan fingerprint density at radius 3 is 1.67 bits per heavy atom. The molecule has 5 aromatic rings. The maximum atomic E-state index is 4.36. The Hall–Kier alpha value is -3.04. The smallest absolute Gasteiger partial charge is 0.0346 e. The molecular weight excluding hydrogens is 396 g/mol. The summed E-state index contributed by atoms with van der Waals surface area (Å²) in [5.74, 6) is 0. The van der Waals surface area contributed by atoms with Crippen molar-refractivity contribution < 1.29 is 0 Å². The monoisotopic (exact) mass is 410 g/mol. The second-order valence-electron chi connectivity index (χ2n) is 6.47. The molecule has 0 N–H and O–H groups in total. The third-order valence-electron chi connectivity index (χ3n) is 4.89. The molecule has 128 valence electrons. The van der Waals surface area contributed by atoms with Crippen LogP contribution in [0, 0.1) is 0 Å². The second kappa shape index (κ2) is 6.60. The maximum absolute atomic E-state index is 4.36. The standard InChI is InChI=1S/C24H15BrN2/c25-18-9-10-21-22(13-18)24(17-6-4-12-27-15-17)20-8-2-1-7-19(20)23(21)16-5-3-11-26-14-16/h1-15H. The summed E-state index contributed by atoms with van der Waals surface area (Å²) in [4.78, 5) is 8.71. The number of hydrogen-bond donors (Lipinski definition) is 0. The predicted octanol–water partition coefficient (Wildman–Crippen LogP) is 6.88. The summed E-state index contributed by atoms with van der Waals surface area (Å²) in [5, 5.41) is 4.85. The molecule has 0 amide bonds. The van der Waals surface area contributed by atoms with Gasteiger partial charge in [-0.05, 0) is 56.9 Å². The van der Waals surface area contributed by atoms with Crippen molar-refractivity contribution in [2.24, 2.45) is 0 Å². The molecule has 0 fully saturated rings. The van der Waals surface area contributed by atoms with Gasteiger partial charge in [0, 0.05) is 40.4 Å². The number of fused-ring (bicyclic) bond motifs is 2. The van der Waals surface area contributed by atoms with Crippen LogP contribution in [-0.4, -0.2) is 9.97 Å². The van der Waals surface area contributed by atoms with Crippen LogP contribution in [0.3, 0.4) is 0 Å². The van der Waals surface area contributed by atoms with E-state index in [4.69, 9.17) is 0 Å². The molecule has 2 aromatic heterocycles. The lowest BCUT2D eigenvalue weighted by atomic mass is 9.87. The molecule has 2 heterocycles. The summed E-state index contributed by atoms with van der Waals surface area (Å²) in [7, 11) is 0. The van der Waals surface area contributed by atoms with Crippen LogP contribution in [0.4, 0.5) is 0 Å². The van der Waals surface area contributed by atoms with E-state index in [1.807, 2.05) is 36.9 Å². The number of halogens is 1. The van der Waals surface area contributed by atoms with Crippen molar-refractivity contribution in [1.82, 2.24) is 9.97 Å². The number of benzene rings is 3. The van der Waals surface area contributed by atoms with Gasteiger partial charge in [0.15, 0.2) is 0 Å². The summed E-state index contributed by atoms with van der Waals surface area (Å²) in [6, 6.07) is 23.3. The van der Waals surface area contributed by atoms with E-state index in [0.717, 1.165) is 15.6 Å². The number of rotatable bonds is 2. The zero-order chi connectivity index (χ0) is 18.2. The lowest BCUT2D eigenvalue weighted by molar-refractivity contribution is 1.33. The normalized spacial score (nSPS) is 11.1. The van der Waals surface area contributed by atoms with Crippen molar-refractivity contribution in [3.8, 4) is 22.3 Å². The molecule has 0 aliphatic heterocycles. The average molecular weight is 411 g/mol. The zero-order valence-electron chi connectivity index (χ0n) is 14.4. The quantitative estimate of drug-likeness (QED) is 0.296. The van der Waals surface area contributed by atoms with Crippen molar-refractivity contribution in [3.63, 3.8) is 0 Å². The van der Waals surface area contributed by atoms with Crippen molar-refractivity contribution in [1.29, 1.82) is 0 Å². The Kier molecular flexibility index (Phi) is 3.95. The van der Waals surface area contributed by atoms with Gasteiger partial charge >= 0.3 is 0 Å². The third-order valence-corrected chi connectivity index (χ3v) is 5.38. The molecule has 5 rings (SSSR count). The van der Waals surface area contributed by atoms with Gasteiger partial charge in [-0.15, -0.1) is 0 Å². The number of nitrogens with zero attached hydrogens (tertiary/aromatic N) is 2. The van der Waals surface area contributed by atoms with E-state index in [1.165, 1.54) is 32.7 Å². The fourth-order valence-corrected chi connectivity index (χ4v) is 4.15. The van der Waals surface area contributed by atoms with Gasteiger partial charge in [-0.2, -0.15) is 0 Å². The first-order valence-electron chi connectivity index (χ1n) is 8.78. The highest BCUT2D eigenvalue weighted by molar-refractivity contribution is 9.10. The topological polar surface area (TPSA) is 25.8 Å². The highest BCUT2D eigenvalue weighted by atomic mass is 79.9. The summed E-state index contributed by atoms with van der Waals surface area (Å²) < 4.78 is 1.06. The highest BCUT2D eigenvalue weighted by Crippen LogP contribution is 2.43. The van der Waals surface area contributed by atoms with Crippen LogP contribution in [0.1, 0.15) is 0 Å². The van der Waals surface area contributed by atoms with Crippen LogP contribution >= 0.6 is 15.9 Å². The second-order valence-corrected chi connectivity index (χ2v) is 7.38. The van der Waals surface area contributed by atoms with Crippen molar-refractivity contribution in [2.45, 2.75) is 0 Å². The minimum atomic E-state index is 1.06. The van der Waals surface area contributed by atoms with Gasteiger partial charge in [-0.1, -0.05) is 58.4 Å². The third kappa shape index (κ3) is 2.71. The van der Waals surface area contributed by atoms with E-state index in [0.29, 0.717) is 0 Å². The molecule has 0 aliphatic carbocycles. The number of hydrogen-bond acceptors (Lipinski definition) is 2. The van der Waals surface area contributed by atoms with Gasteiger partial charge in [-0.3, -0.25) is 9.97 Å². The minimum Gasteiger partial charge on any atom is -0.264 e. The van der Waals surface area contributed by atoms with Crippen molar-refractivity contribution in [3.05, 3.63) is 96.0 Å². The highest BCUT2D eigenvalue weighted by Gasteiger charge is 2.16. The van der Waals surface area contributed by atoms with E-state index in [-0.39, 0.29) is 0 Å². The molecule has 0 atom stereocenters. The van der Waals surface area contributed by atoms with E-state index in [1.54, 1.807) is 0 Å². The fourth-order valence-electron chi connectivity index (χ4n) is 3.79. The number of aromatic nitrogens is 2. The van der Waals surface area contributed by atoms with Crippen molar-refractivity contribution in [2.75, 3.05) is 0 Å². The molecule has 0 spiro atoms. The molecule has 0 unspecified atom stereocenters. The van der Waals surface area contributed by atoms with Gasteiger partial charge in [0.1, 0.15) is 0 Å². The molecule has 0 radical (unpaired) electrons. The molecule has 0 saturated carbocycles. The van der Waals surface area contributed by atoms with Gasteiger partial charge in [0.25, 0.3) is 0 Å². The van der Waals surface area contributed by atoms with Crippen LogP contribution in [0.2, 0.25) is 0 Å². The largest absolute Gasteiger partial charge is 0.264 e. The Balaban J connectivity index is 2.04. The van der Waals surface area contributed by atoms with Crippen LogP contribution in [0.5, 0.6) is 0 Å². The summed E-state index contributed by atoms with van der Waals surface area (Å²) in [5.41, 5.74) is 4.67. The molecular formula is C24H15BrN2. The maximum Gasteiger partial charge on any atom is 0.0346 e. The lowest BCUT2D eigenvalue weighted by Gasteiger charge is -2.17. The first kappa shape index (κ1) is 16.2.